The van der Waals surface area contributed by atoms with Gasteiger partial charge in [-0.3, -0.25) is 19.1 Å². The highest BCUT2D eigenvalue weighted by atomic mass is 32.2. The first-order valence-electron chi connectivity index (χ1n) is 10.1. The van der Waals surface area contributed by atoms with Crippen molar-refractivity contribution in [1.82, 2.24) is 14.5 Å². The van der Waals surface area contributed by atoms with Crippen LogP contribution < -0.4 is 10.9 Å². The highest BCUT2D eigenvalue weighted by Crippen LogP contribution is 2.18. The number of aromatic amines is 1. The molecule has 0 aliphatic carbocycles. The number of hydrogen-bond acceptors (Lipinski definition) is 5. The number of nitrogens with zero attached hydrogens (tertiary/aromatic N) is 2. The van der Waals surface area contributed by atoms with Crippen LogP contribution >= 0.6 is 24.0 Å². The average Bonchev–Trinajstić information content (AvgIpc) is 2.77. The van der Waals surface area contributed by atoms with Gasteiger partial charge in [-0.05, 0) is 48.1 Å². The summed E-state index contributed by atoms with van der Waals surface area (Å²) in [6.45, 7) is 7.06. The van der Waals surface area contributed by atoms with Crippen LogP contribution in [0.1, 0.15) is 15.9 Å². The van der Waals surface area contributed by atoms with Gasteiger partial charge in [0.15, 0.2) is 4.77 Å². The highest BCUT2D eigenvalue weighted by molar-refractivity contribution is 7.99. The second-order valence-electron chi connectivity index (χ2n) is 7.44. The molecule has 1 amide bonds. The van der Waals surface area contributed by atoms with Crippen LogP contribution in [0.25, 0.3) is 10.9 Å². The molecule has 1 saturated heterocycles. The van der Waals surface area contributed by atoms with Gasteiger partial charge >= 0.3 is 0 Å². The lowest BCUT2D eigenvalue weighted by Gasteiger charge is -2.26. The number of amides is 1. The number of allylic oxidation sites excluding steroid dienone is 1. The van der Waals surface area contributed by atoms with E-state index in [1.54, 1.807) is 24.3 Å². The maximum atomic E-state index is 12.8. The van der Waals surface area contributed by atoms with Crippen LogP contribution in [0.4, 0.5) is 5.69 Å². The normalized spacial score (nSPS) is 14.5. The summed E-state index contributed by atoms with van der Waals surface area (Å²) in [6.07, 6.45) is 1.62. The van der Waals surface area contributed by atoms with Crippen molar-refractivity contribution in [3.8, 4) is 0 Å². The highest BCUT2D eigenvalue weighted by Gasteiger charge is 2.13. The Morgan fingerprint density at radius 1 is 1.23 bits per heavy atom. The standard InChI is InChI=1S/C23H24N4O2S2/c1-2-8-27-22(29)19-7-6-17(14-20(19)25-23(27)30)21(28)24-18-5-3-4-16(13-18)15-26-9-11-31-12-10-26/h2-7,13-14H,1,8-12,15H2,(H,24,28)(H,25,30). The van der Waals surface area contributed by atoms with E-state index in [4.69, 9.17) is 12.2 Å². The van der Waals surface area contributed by atoms with E-state index < -0.39 is 0 Å². The van der Waals surface area contributed by atoms with Crippen LogP contribution in [0, 0.1) is 4.77 Å². The zero-order valence-corrected chi connectivity index (χ0v) is 18.7. The Morgan fingerprint density at radius 2 is 2.03 bits per heavy atom. The number of anilines is 1. The number of carbonyl (C=O) groups excluding carboxylic acids is 1. The lowest BCUT2D eigenvalue weighted by Crippen LogP contribution is -2.31. The van der Waals surface area contributed by atoms with Gasteiger partial charge in [0.2, 0.25) is 0 Å². The van der Waals surface area contributed by atoms with Crippen LogP contribution in [0.2, 0.25) is 0 Å². The third kappa shape index (κ3) is 4.98. The molecule has 0 bridgehead atoms. The molecule has 31 heavy (non-hydrogen) atoms. The molecule has 1 aliphatic rings. The molecule has 0 saturated carbocycles. The largest absolute Gasteiger partial charge is 0.332 e. The molecular formula is C23H24N4O2S2. The smallest absolute Gasteiger partial charge is 0.262 e. The summed E-state index contributed by atoms with van der Waals surface area (Å²) in [7, 11) is 0. The predicted molar refractivity (Wildman–Crippen MR) is 131 cm³/mol. The van der Waals surface area contributed by atoms with E-state index in [9.17, 15) is 9.59 Å². The van der Waals surface area contributed by atoms with E-state index in [2.05, 4.69) is 27.8 Å². The van der Waals surface area contributed by atoms with Crippen molar-refractivity contribution < 1.29 is 4.79 Å². The summed E-state index contributed by atoms with van der Waals surface area (Å²) in [6, 6.07) is 12.9. The number of aromatic nitrogens is 2. The Hall–Kier alpha value is -2.68. The molecule has 6 nitrogen and oxygen atoms in total. The number of thioether (sulfide) groups is 1. The topological polar surface area (TPSA) is 70.1 Å². The van der Waals surface area contributed by atoms with Crippen molar-refractivity contribution in [1.29, 1.82) is 0 Å². The monoisotopic (exact) mass is 452 g/mol. The number of H-pyrrole nitrogens is 1. The predicted octanol–water partition coefficient (Wildman–Crippen LogP) is 4.05. The number of benzene rings is 2. The van der Waals surface area contributed by atoms with Gasteiger partial charge in [-0.2, -0.15) is 11.8 Å². The first-order valence-corrected chi connectivity index (χ1v) is 11.7. The van der Waals surface area contributed by atoms with Gasteiger partial charge in [0.05, 0.1) is 10.9 Å². The van der Waals surface area contributed by atoms with Gasteiger partial charge in [-0.1, -0.05) is 18.2 Å². The fraction of sp³-hybridized carbons (Fsp3) is 0.261. The summed E-state index contributed by atoms with van der Waals surface area (Å²) >= 11 is 7.27. The van der Waals surface area contributed by atoms with Gasteiger partial charge in [0.1, 0.15) is 0 Å². The van der Waals surface area contributed by atoms with Crippen molar-refractivity contribution in [2.45, 2.75) is 13.1 Å². The van der Waals surface area contributed by atoms with E-state index in [0.29, 0.717) is 27.8 Å². The minimum Gasteiger partial charge on any atom is -0.332 e. The van der Waals surface area contributed by atoms with Gasteiger partial charge in [0.25, 0.3) is 11.5 Å². The van der Waals surface area contributed by atoms with Crippen molar-refractivity contribution in [2.24, 2.45) is 0 Å². The van der Waals surface area contributed by atoms with E-state index in [1.165, 1.54) is 21.6 Å². The quantitative estimate of drug-likeness (QED) is 0.436. The minimum absolute atomic E-state index is 0.200. The second kappa shape index (κ2) is 9.64. The van der Waals surface area contributed by atoms with Crippen molar-refractivity contribution in [3.05, 3.63) is 81.4 Å². The molecule has 8 heteroatoms. The molecule has 2 aromatic carbocycles. The summed E-state index contributed by atoms with van der Waals surface area (Å²) in [5.41, 5.74) is 2.73. The Kier molecular flexibility index (Phi) is 6.70. The fourth-order valence-electron chi connectivity index (χ4n) is 3.66. The molecule has 2 N–H and O–H groups in total. The van der Waals surface area contributed by atoms with Gasteiger partial charge in [0, 0.05) is 48.9 Å². The average molecular weight is 453 g/mol. The maximum Gasteiger partial charge on any atom is 0.262 e. The first-order chi connectivity index (χ1) is 15.0. The lowest BCUT2D eigenvalue weighted by molar-refractivity contribution is 0.102. The van der Waals surface area contributed by atoms with Gasteiger partial charge in [-0.15, -0.1) is 6.58 Å². The van der Waals surface area contributed by atoms with Crippen LogP contribution in [0.3, 0.4) is 0 Å². The zero-order valence-electron chi connectivity index (χ0n) is 17.1. The number of hydrogen-bond donors (Lipinski definition) is 2. The van der Waals surface area contributed by atoms with Crippen molar-refractivity contribution in [3.63, 3.8) is 0 Å². The molecule has 0 unspecified atom stereocenters. The maximum absolute atomic E-state index is 12.8. The number of nitrogens with one attached hydrogen (secondary N) is 2. The Bertz CT molecular complexity index is 1240. The molecule has 160 valence electrons. The molecule has 3 aromatic rings. The number of fused-ring (bicyclic) bond motifs is 1. The first kappa shape index (κ1) is 21.5. The van der Waals surface area contributed by atoms with Crippen molar-refractivity contribution in [2.75, 3.05) is 29.9 Å². The number of carbonyl (C=O) groups is 1. The minimum atomic E-state index is -0.233. The third-order valence-electron chi connectivity index (χ3n) is 5.25. The molecule has 0 radical (unpaired) electrons. The number of rotatable bonds is 6. The summed E-state index contributed by atoms with van der Waals surface area (Å²) in [4.78, 5) is 30.9. The van der Waals surface area contributed by atoms with Crippen LogP contribution in [0.5, 0.6) is 0 Å². The Labute approximate surface area is 190 Å². The lowest BCUT2D eigenvalue weighted by atomic mass is 10.1. The summed E-state index contributed by atoms with van der Waals surface area (Å²) in [5.74, 6) is 2.10. The molecule has 1 fully saturated rings. The van der Waals surface area contributed by atoms with Crippen molar-refractivity contribution >= 4 is 46.5 Å². The van der Waals surface area contributed by atoms with Gasteiger partial charge < -0.3 is 10.3 Å². The molecule has 2 heterocycles. The Balaban J connectivity index is 1.54. The zero-order chi connectivity index (χ0) is 21.8. The van der Waals surface area contributed by atoms with Crippen LogP contribution in [-0.2, 0) is 13.1 Å². The third-order valence-corrected chi connectivity index (χ3v) is 6.52. The van der Waals surface area contributed by atoms with Crippen LogP contribution in [-0.4, -0.2) is 45.0 Å². The molecule has 4 rings (SSSR count). The Morgan fingerprint density at radius 3 is 2.81 bits per heavy atom. The molecule has 1 aliphatic heterocycles. The molecule has 0 spiro atoms. The second-order valence-corrected chi connectivity index (χ2v) is 9.05. The van der Waals surface area contributed by atoms with E-state index in [-0.39, 0.29) is 11.5 Å². The SMILES string of the molecule is C=CCn1c(=S)[nH]c2cc(C(=O)Nc3cccc(CN4CCSCC4)c3)ccc2c1=O. The molecule has 1 aromatic heterocycles. The van der Waals surface area contributed by atoms with E-state index >= 15 is 0 Å². The van der Waals surface area contributed by atoms with E-state index in [0.717, 1.165) is 25.3 Å². The summed E-state index contributed by atoms with van der Waals surface area (Å²) in [5, 5.41) is 3.44. The molecule has 0 atom stereocenters. The van der Waals surface area contributed by atoms with Gasteiger partial charge in [-0.25, -0.2) is 0 Å². The fourth-order valence-corrected chi connectivity index (χ4v) is 4.90. The molecular weight excluding hydrogens is 428 g/mol. The summed E-state index contributed by atoms with van der Waals surface area (Å²) < 4.78 is 1.75. The van der Waals surface area contributed by atoms with Crippen LogP contribution in [0.15, 0.2) is 59.9 Å². The van der Waals surface area contributed by atoms with E-state index in [1.807, 2.05) is 30.0 Å².